The summed E-state index contributed by atoms with van der Waals surface area (Å²) in [4.78, 5) is 12.8. The Morgan fingerprint density at radius 1 is 1.21 bits per heavy atom. The zero-order valence-electron chi connectivity index (χ0n) is 19.0. The van der Waals surface area contributed by atoms with Crippen molar-refractivity contribution in [1.82, 2.24) is 25.2 Å². The number of nitrogens with zero attached hydrogens (tertiary/aromatic N) is 4. The lowest BCUT2D eigenvalue weighted by Gasteiger charge is -2.17. The number of hydrogen-bond donors (Lipinski definition) is 2. The van der Waals surface area contributed by atoms with Crippen LogP contribution in [0.1, 0.15) is 29.5 Å². The van der Waals surface area contributed by atoms with Gasteiger partial charge in [-0.05, 0) is 49.1 Å². The van der Waals surface area contributed by atoms with Gasteiger partial charge in [0.15, 0.2) is 5.96 Å². The highest BCUT2D eigenvalue weighted by Gasteiger charge is 2.17. The molecule has 1 saturated heterocycles. The average molecular weight is 562 g/mol. The SMILES string of the molecule is CN=C(NCc1ccnc(-n2ccnc2)c1)NCc1ccc(C)cc1OCC1CCCO1.I. The summed E-state index contributed by atoms with van der Waals surface area (Å²) >= 11 is 0. The minimum atomic E-state index is 0. The fourth-order valence-electron chi connectivity index (χ4n) is 3.59. The van der Waals surface area contributed by atoms with E-state index in [1.54, 1.807) is 25.8 Å². The van der Waals surface area contributed by atoms with Crippen LogP contribution in [-0.2, 0) is 17.8 Å². The Morgan fingerprint density at radius 3 is 2.85 bits per heavy atom. The van der Waals surface area contributed by atoms with Crippen LogP contribution in [0.2, 0.25) is 0 Å². The fraction of sp³-hybridized carbons (Fsp3) is 0.375. The first-order chi connectivity index (χ1) is 15.7. The van der Waals surface area contributed by atoms with Gasteiger partial charge in [0.2, 0.25) is 0 Å². The van der Waals surface area contributed by atoms with E-state index >= 15 is 0 Å². The molecule has 9 heteroatoms. The second-order valence-corrected chi connectivity index (χ2v) is 7.83. The van der Waals surface area contributed by atoms with Gasteiger partial charge in [0.25, 0.3) is 0 Å². The number of nitrogens with one attached hydrogen (secondary N) is 2. The maximum absolute atomic E-state index is 6.11. The molecule has 33 heavy (non-hydrogen) atoms. The summed E-state index contributed by atoms with van der Waals surface area (Å²) in [5.41, 5.74) is 3.36. The van der Waals surface area contributed by atoms with Crippen LogP contribution < -0.4 is 15.4 Å². The van der Waals surface area contributed by atoms with Crippen LogP contribution in [0.5, 0.6) is 5.75 Å². The van der Waals surface area contributed by atoms with Crippen molar-refractivity contribution >= 4 is 29.9 Å². The largest absolute Gasteiger partial charge is 0.491 e. The van der Waals surface area contributed by atoms with Gasteiger partial charge in [-0.3, -0.25) is 9.56 Å². The number of aliphatic imine (C=N–C) groups is 1. The molecule has 1 atom stereocenters. The van der Waals surface area contributed by atoms with Crippen LogP contribution in [0, 0.1) is 6.92 Å². The lowest BCUT2D eigenvalue weighted by Crippen LogP contribution is -2.36. The molecule has 0 spiro atoms. The molecule has 2 N–H and O–H groups in total. The summed E-state index contributed by atoms with van der Waals surface area (Å²) < 4.78 is 13.7. The number of pyridine rings is 1. The van der Waals surface area contributed by atoms with Crippen LogP contribution in [0.3, 0.4) is 0 Å². The number of aryl methyl sites for hydroxylation is 1. The van der Waals surface area contributed by atoms with E-state index in [2.05, 4.69) is 50.7 Å². The molecule has 3 heterocycles. The number of halogens is 1. The van der Waals surface area contributed by atoms with Crippen molar-refractivity contribution in [3.8, 4) is 11.6 Å². The maximum atomic E-state index is 6.11. The van der Waals surface area contributed by atoms with Crippen LogP contribution in [-0.4, -0.2) is 46.9 Å². The summed E-state index contributed by atoms with van der Waals surface area (Å²) in [6.45, 7) is 4.73. The number of benzene rings is 1. The summed E-state index contributed by atoms with van der Waals surface area (Å²) in [5, 5.41) is 6.74. The summed E-state index contributed by atoms with van der Waals surface area (Å²) in [5.74, 6) is 2.44. The van der Waals surface area contributed by atoms with E-state index in [0.717, 1.165) is 48.1 Å². The quantitative estimate of drug-likeness (QED) is 0.248. The third-order valence-corrected chi connectivity index (χ3v) is 5.38. The van der Waals surface area contributed by atoms with E-state index in [-0.39, 0.29) is 30.1 Å². The number of imidazole rings is 1. The molecule has 4 rings (SSSR count). The van der Waals surface area contributed by atoms with Gasteiger partial charge in [0, 0.05) is 50.9 Å². The normalized spacial score (nSPS) is 15.7. The molecule has 1 aliphatic rings. The van der Waals surface area contributed by atoms with E-state index < -0.39 is 0 Å². The topological polar surface area (TPSA) is 85.6 Å². The molecule has 2 aromatic heterocycles. The number of rotatable bonds is 8. The van der Waals surface area contributed by atoms with Gasteiger partial charge >= 0.3 is 0 Å². The Kier molecular flexibility index (Phi) is 9.49. The van der Waals surface area contributed by atoms with Crippen molar-refractivity contribution in [3.63, 3.8) is 0 Å². The summed E-state index contributed by atoms with van der Waals surface area (Å²) in [6.07, 6.45) is 9.51. The number of hydrogen-bond acceptors (Lipinski definition) is 5. The molecule has 0 aliphatic carbocycles. The predicted molar refractivity (Wildman–Crippen MR) is 139 cm³/mol. The molecule has 1 aromatic carbocycles. The number of guanidine groups is 1. The Labute approximate surface area is 211 Å². The van der Waals surface area contributed by atoms with Crippen molar-refractivity contribution in [2.24, 2.45) is 4.99 Å². The van der Waals surface area contributed by atoms with E-state index in [1.807, 2.05) is 22.9 Å². The van der Waals surface area contributed by atoms with Crippen molar-refractivity contribution < 1.29 is 9.47 Å². The van der Waals surface area contributed by atoms with E-state index in [0.29, 0.717) is 19.7 Å². The molecule has 1 fully saturated rings. The third-order valence-electron chi connectivity index (χ3n) is 5.38. The molecule has 0 radical (unpaired) electrons. The molecule has 1 unspecified atom stereocenters. The molecule has 0 bridgehead atoms. The maximum Gasteiger partial charge on any atom is 0.191 e. The highest BCUT2D eigenvalue weighted by Crippen LogP contribution is 2.22. The van der Waals surface area contributed by atoms with E-state index in [4.69, 9.17) is 9.47 Å². The molecular weight excluding hydrogens is 531 g/mol. The average Bonchev–Trinajstić information content (AvgIpc) is 3.53. The van der Waals surface area contributed by atoms with Gasteiger partial charge in [-0.15, -0.1) is 24.0 Å². The third kappa shape index (κ3) is 7.16. The lowest BCUT2D eigenvalue weighted by atomic mass is 10.1. The van der Waals surface area contributed by atoms with Gasteiger partial charge in [-0.1, -0.05) is 12.1 Å². The fourth-order valence-corrected chi connectivity index (χ4v) is 3.59. The summed E-state index contributed by atoms with van der Waals surface area (Å²) in [7, 11) is 1.77. The van der Waals surface area contributed by atoms with Crippen LogP contribution in [0.15, 0.2) is 60.2 Å². The molecule has 8 nitrogen and oxygen atoms in total. The molecular formula is C24H31IN6O2. The van der Waals surface area contributed by atoms with Crippen LogP contribution in [0.4, 0.5) is 0 Å². The standard InChI is InChI=1S/C24H30N6O2.HI/c1-18-5-6-20(22(12-18)32-16-21-4-3-11-31-21)15-29-24(25-2)28-14-19-7-8-27-23(13-19)30-10-9-26-17-30;/h5-10,12-13,17,21H,3-4,11,14-16H2,1-2H3,(H2,25,28,29);1H. The lowest BCUT2D eigenvalue weighted by molar-refractivity contribution is 0.0676. The first-order valence-electron chi connectivity index (χ1n) is 10.9. The molecule has 0 amide bonds. The number of ether oxygens (including phenoxy) is 2. The van der Waals surface area contributed by atoms with E-state index in [9.17, 15) is 0 Å². The highest BCUT2D eigenvalue weighted by atomic mass is 127. The second kappa shape index (κ2) is 12.5. The van der Waals surface area contributed by atoms with Crippen molar-refractivity contribution in [2.45, 2.75) is 39.0 Å². The minimum Gasteiger partial charge on any atom is -0.491 e. The van der Waals surface area contributed by atoms with E-state index in [1.165, 1.54) is 5.56 Å². The van der Waals surface area contributed by atoms with Gasteiger partial charge < -0.3 is 20.1 Å². The first-order valence-corrected chi connectivity index (χ1v) is 10.9. The van der Waals surface area contributed by atoms with Crippen molar-refractivity contribution in [1.29, 1.82) is 0 Å². The molecule has 3 aromatic rings. The van der Waals surface area contributed by atoms with Gasteiger partial charge in [-0.25, -0.2) is 9.97 Å². The zero-order chi connectivity index (χ0) is 22.2. The van der Waals surface area contributed by atoms with Gasteiger partial charge in [-0.2, -0.15) is 0 Å². The Hall–Kier alpha value is -2.66. The van der Waals surface area contributed by atoms with Gasteiger partial charge in [0.1, 0.15) is 24.5 Å². The Balaban J connectivity index is 0.00000306. The first kappa shape index (κ1) is 25.0. The molecule has 1 aliphatic heterocycles. The van der Waals surface area contributed by atoms with Gasteiger partial charge in [0.05, 0.1) is 6.10 Å². The Morgan fingerprint density at radius 2 is 2.09 bits per heavy atom. The smallest absolute Gasteiger partial charge is 0.191 e. The van der Waals surface area contributed by atoms with Crippen molar-refractivity contribution in [2.75, 3.05) is 20.3 Å². The number of aromatic nitrogens is 3. The predicted octanol–water partition coefficient (Wildman–Crippen LogP) is 3.62. The summed E-state index contributed by atoms with van der Waals surface area (Å²) in [6, 6.07) is 10.3. The van der Waals surface area contributed by atoms with Crippen LogP contribution in [0.25, 0.3) is 5.82 Å². The van der Waals surface area contributed by atoms with Crippen LogP contribution >= 0.6 is 24.0 Å². The monoisotopic (exact) mass is 562 g/mol. The second-order valence-electron chi connectivity index (χ2n) is 7.83. The van der Waals surface area contributed by atoms with Crippen molar-refractivity contribution in [3.05, 3.63) is 71.9 Å². The molecule has 0 saturated carbocycles. The highest BCUT2D eigenvalue weighted by molar-refractivity contribution is 14.0. The molecule has 176 valence electrons. The minimum absolute atomic E-state index is 0. The Bertz CT molecular complexity index is 1040. The zero-order valence-corrected chi connectivity index (χ0v) is 21.4.